The fraction of sp³-hybridized carbons (Fsp3) is 0.471. The van der Waals surface area contributed by atoms with Crippen LogP contribution >= 0.6 is 0 Å². The lowest BCUT2D eigenvalue weighted by molar-refractivity contribution is -0.135. The second-order valence-corrected chi connectivity index (χ2v) is 6.72. The highest BCUT2D eigenvalue weighted by atomic mass is 16.2. The average Bonchev–Trinajstić information content (AvgIpc) is 3.20. The maximum Gasteiger partial charge on any atom is 0.245 e. The number of rotatable bonds is 3. The van der Waals surface area contributed by atoms with Gasteiger partial charge in [-0.2, -0.15) is 0 Å². The fourth-order valence-electron chi connectivity index (χ4n) is 3.43. The molecule has 1 atom stereocenters. The number of carbonyl (C=O) groups excluding carboxylic acids is 1. The maximum atomic E-state index is 12.8. The second kappa shape index (κ2) is 5.94. The van der Waals surface area contributed by atoms with Gasteiger partial charge in [-0.05, 0) is 19.1 Å². The topological polar surface area (TPSA) is 81.7 Å². The molecule has 3 aromatic rings. The minimum atomic E-state index is -0.101. The summed E-state index contributed by atoms with van der Waals surface area (Å²) in [5, 5.41) is 16.9. The van der Waals surface area contributed by atoms with Crippen LogP contribution in [0.2, 0.25) is 0 Å². The van der Waals surface area contributed by atoms with Crippen LogP contribution in [0.25, 0.3) is 11.0 Å². The van der Waals surface area contributed by atoms with Crippen LogP contribution in [0.3, 0.4) is 0 Å². The van der Waals surface area contributed by atoms with Crippen LogP contribution in [0, 0.1) is 0 Å². The molecule has 8 heteroatoms. The number of para-hydroxylation sites is 1. The molecule has 0 aliphatic carbocycles. The number of amides is 1. The van der Waals surface area contributed by atoms with Crippen LogP contribution < -0.4 is 0 Å². The van der Waals surface area contributed by atoms with Gasteiger partial charge in [-0.3, -0.25) is 4.79 Å². The van der Waals surface area contributed by atoms with Crippen molar-refractivity contribution in [2.24, 2.45) is 0 Å². The highest BCUT2D eigenvalue weighted by Crippen LogP contribution is 2.27. The van der Waals surface area contributed by atoms with Crippen molar-refractivity contribution in [3.63, 3.8) is 0 Å². The molecular formula is C17H21N7O. The summed E-state index contributed by atoms with van der Waals surface area (Å²) in [5.74, 6) is 2.17. The molecule has 0 radical (unpaired) electrons. The van der Waals surface area contributed by atoms with Crippen LogP contribution in [-0.2, 0) is 17.9 Å². The predicted molar refractivity (Wildman–Crippen MR) is 91.8 cm³/mol. The summed E-state index contributed by atoms with van der Waals surface area (Å²) in [6.07, 6.45) is 0. The Balaban J connectivity index is 1.57. The Bertz CT molecular complexity index is 926. The van der Waals surface area contributed by atoms with E-state index in [2.05, 4.69) is 38.9 Å². The monoisotopic (exact) mass is 339 g/mol. The van der Waals surface area contributed by atoms with Gasteiger partial charge in [-0.15, -0.1) is 15.3 Å². The smallest absolute Gasteiger partial charge is 0.245 e. The average molecular weight is 339 g/mol. The van der Waals surface area contributed by atoms with Gasteiger partial charge in [0.2, 0.25) is 5.91 Å². The van der Waals surface area contributed by atoms with Gasteiger partial charge >= 0.3 is 0 Å². The van der Waals surface area contributed by atoms with E-state index < -0.39 is 0 Å². The minimum absolute atomic E-state index is 0.0171. The second-order valence-electron chi connectivity index (χ2n) is 6.72. The molecular weight excluding hydrogens is 318 g/mol. The van der Waals surface area contributed by atoms with E-state index >= 15 is 0 Å². The first-order chi connectivity index (χ1) is 12.1. The molecule has 1 amide bonds. The van der Waals surface area contributed by atoms with Crippen LogP contribution in [0.5, 0.6) is 0 Å². The van der Waals surface area contributed by atoms with Crippen LogP contribution in [0.4, 0.5) is 0 Å². The first kappa shape index (κ1) is 15.7. The summed E-state index contributed by atoms with van der Waals surface area (Å²) < 4.78 is 3.80. The Hall–Kier alpha value is -2.77. The summed E-state index contributed by atoms with van der Waals surface area (Å²) in [5.41, 5.74) is 1.66. The number of fused-ring (bicyclic) bond motifs is 2. The minimum Gasteiger partial charge on any atom is -0.329 e. The molecule has 3 heterocycles. The van der Waals surface area contributed by atoms with E-state index in [-0.39, 0.29) is 18.5 Å². The van der Waals surface area contributed by atoms with E-state index in [4.69, 9.17) is 0 Å². The number of nitrogens with zero attached hydrogens (tertiary/aromatic N) is 7. The molecule has 0 spiro atoms. The summed E-state index contributed by atoms with van der Waals surface area (Å²) >= 11 is 0. The molecule has 8 nitrogen and oxygen atoms in total. The SMILES string of the molecule is CC(C)c1nnc2n1CCN(C(=O)Cn1nnc3ccccc31)C2C. The lowest BCUT2D eigenvalue weighted by Crippen LogP contribution is -2.43. The third kappa shape index (κ3) is 2.57. The lowest BCUT2D eigenvalue weighted by Gasteiger charge is -2.34. The summed E-state index contributed by atoms with van der Waals surface area (Å²) in [4.78, 5) is 14.7. The normalized spacial score (nSPS) is 17.3. The fourth-order valence-corrected chi connectivity index (χ4v) is 3.43. The van der Waals surface area contributed by atoms with Crippen molar-refractivity contribution in [2.75, 3.05) is 6.54 Å². The molecule has 2 aromatic heterocycles. The van der Waals surface area contributed by atoms with Gasteiger partial charge in [0.05, 0.1) is 11.6 Å². The van der Waals surface area contributed by atoms with Gasteiger partial charge in [0, 0.05) is 19.0 Å². The van der Waals surface area contributed by atoms with Crippen molar-refractivity contribution < 1.29 is 4.79 Å². The van der Waals surface area contributed by atoms with Crippen molar-refractivity contribution in [3.05, 3.63) is 35.9 Å². The zero-order valence-electron chi connectivity index (χ0n) is 14.6. The van der Waals surface area contributed by atoms with E-state index in [1.54, 1.807) is 4.68 Å². The third-order valence-corrected chi connectivity index (χ3v) is 4.76. The largest absolute Gasteiger partial charge is 0.329 e. The molecule has 0 N–H and O–H groups in total. The molecule has 25 heavy (non-hydrogen) atoms. The van der Waals surface area contributed by atoms with Gasteiger partial charge in [-0.25, -0.2) is 4.68 Å². The standard InChI is InChI=1S/C17H21N7O/c1-11(2)16-19-20-17-12(3)22(8-9-23(16)17)15(25)10-24-14-7-5-4-6-13(14)18-21-24/h4-7,11-12H,8-10H2,1-3H3. The first-order valence-electron chi connectivity index (χ1n) is 8.57. The van der Waals surface area contributed by atoms with E-state index in [1.807, 2.05) is 36.1 Å². The maximum absolute atomic E-state index is 12.8. The van der Waals surface area contributed by atoms with Crippen molar-refractivity contribution in [3.8, 4) is 0 Å². The lowest BCUT2D eigenvalue weighted by atomic mass is 10.1. The summed E-state index contributed by atoms with van der Waals surface area (Å²) in [7, 11) is 0. The Morgan fingerprint density at radius 3 is 2.80 bits per heavy atom. The van der Waals surface area contributed by atoms with Crippen LogP contribution in [-0.4, -0.2) is 47.1 Å². The van der Waals surface area contributed by atoms with E-state index in [0.717, 1.165) is 29.2 Å². The van der Waals surface area contributed by atoms with Gasteiger partial charge in [-0.1, -0.05) is 31.2 Å². The zero-order chi connectivity index (χ0) is 17.6. The van der Waals surface area contributed by atoms with Gasteiger partial charge < -0.3 is 9.47 Å². The van der Waals surface area contributed by atoms with E-state index in [9.17, 15) is 4.79 Å². The molecule has 1 aromatic carbocycles. The Morgan fingerprint density at radius 2 is 2.00 bits per heavy atom. The number of benzene rings is 1. The number of hydrogen-bond acceptors (Lipinski definition) is 5. The van der Waals surface area contributed by atoms with Crippen molar-refractivity contribution in [1.82, 2.24) is 34.7 Å². The zero-order valence-corrected chi connectivity index (χ0v) is 14.6. The van der Waals surface area contributed by atoms with E-state index in [0.29, 0.717) is 12.5 Å². The third-order valence-electron chi connectivity index (χ3n) is 4.76. The molecule has 0 bridgehead atoms. The van der Waals surface area contributed by atoms with Gasteiger partial charge in [0.25, 0.3) is 0 Å². The van der Waals surface area contributed by atoms with Gasteiger partial charge in [0.15, 0.2) is 5.82 Å². The predicted octanol–water partition coefficient (Wildman–Crippen LogP) is 1.75. The van der Waals surface area contributed by atoms with Crippen molar-refractivity contribution in [1.29, 1.82) is 0 Å². The molecule has 4 rings (SSSR count). The van der Waals surface area contributed by atoms with Crippen LogP contribution in [0.15, 0.2) is 24.3 Å². The number of carbonyl (C=O) groups is 1. The molecule has 1 unspecified atom stereocenters. The first-order valence-corrected chi connectivity index (χ1v) is 8.57. The molecule has 1 aliphatic rings. The molecule has 0 fully saturated rings. The summed E-state index contributed by atoms with van der Waals surface area (Å²) in [6.45, 7) is 7.77. The molecule has 0 saturated heterocycles. The molecule has 130 valence electrons. The quantitative estimate of drug-likeness (QED) is 0.726. The molecule has 0 saturated carbocycles. The van der Waals surface area contributed by atoms with Crippen molar-refractivity contribution in [2.45, 2.75) is 45.8 Å². The summed E-state index contributed by atoms with van der Waals surface area (Å²) in [6, 6.07) is 7.55. The number of aromatic nitrogens is 6. The Labute approximate surface area is 145 Å². The van der Waals surface area contributed by atoms with Gasteiger partial charge in [0.1, 0.15) is 17.9 Å². The van der Waals surface area contributed by atoms with Crippen LogP contribution in [0.1, 0.15) is 44.4 Å². The molecule has 1 aliphatic heterocycles. The van der Waals surface area contributed by atoms with Crippen molar-refractivity contribution >= 4 is 16.9 Å². The Morgan fingerprint density at radius 1 is 1.20 bits per heavy atom. The highest BCUT2D eigenvalue weighted by Gasteiger charge is 2.31. The van der Waals surface area contributed by atoms with E-state index in [1.165, 1.54) is 0 Å². The Kier molecular flexibility index (Phi) is 3.74. The number of hydrogen-bond donors (Lipinski definition) is 0. The highest BCUT2D eigenvalue weighted by molar-refractivity contribution is 5.80.